The summed E-state index contributed by atoms with van der Waals surface area (Å²) in [6, 6.07) is 11.7. The van der Waals surface area contributed by atoms with E-state index in [0.717, 1.165) is 11.8 Å². The van der Waals surface area contributed by atoms with Gasteiger partial charge in [-0.15, -0.1) is 0 Å². The Labute approximate surface area is 147 Å². The van der Waals surface area contributed by atoms with E-state index in [1.54, 1.807) is 49.6 Å². The Morgan fingerprint density at radius 3 is 2.12 bits per heavy atom. The molecule has 0 radical (unpaired) electrons. The number of hydrogen-bond acceptors (Lipinski definition) is 5. The van der Waals surface area contributed by atoms with E-state index in [0.29, 0.717) is 22.9 Å². The molecule has 0 atom stereocenters. The molecule has 0 aromatic heterocycles. The van der Waals surface area contributed by atoms with Crippen LogP contribution < -0.4 is 19.5 Å². The molecule has 0 aliphatic carbocycles. The van der Waals surface area contributed by atoms with Crippen LogP contribution in [-0.2, 0) is 21.2 Å². The number of rotatable bonds is 7. The van der Waals surface area contributed by atoms with Crippen LogP contribution in [0.3, 0.4) is 0 Å². The number of carbonyl (C=O) groups excluding carboxylic acids is 1. The molecule has 2 aromatic rings. The summed E-state index contributed by atoms with van der Waals surface area (Å²) < 4.78 is 35.1. The molecule has 134 valence electrons. The molecule has 1 amide bonds. The van der Waals surface area contributed by atoms with E-state index >= 15 is 0 Å². The molecule has 0 heterocycles. The predicted molar refractivity (Wildman–Crippen MR) is 96.8 cm³/mol. The van der Waals surface area contributed by atoms with Crippen LogP contribution in [0, 0.1) is 0 Å². The number of carbonyl (C=O) groups is 1. The first kappa shape index (κ1) is 18.6. The van der Waals surface area contributed by atoms with Gasteiger partial charge in [0.15, 0.2) is 11.5 Å². The Morgan fingerprint density at radius 2 is 1.56 bits per heavy atom. The summed E-state index contributed by atoms with van der Waals surface area (Å²) in [5, 5.41) is 2.76. The van der Waals surface area contributed by atoms with Gasteiger partial charge >= 0.3 is 0 Å². The molecule has 0 bridgehead atoms. The van der Waals surface area contributed by atoms with Crippen LogP contribution in [-0.4, -0.2) is 34.8 Å². The van der Waals surface area contributed by atoms with Crippen molar-refractivity contribution in [2.75, 3.05) is 30.5 Å². The molecule has 0 saturated carbocycles. The molecule has 2 rings (SSSR count). The van der Waals surface area contributed by atoms with Gasteiger partial charge in [0.05, 0.1) is 26.9 Å². The molecule has 0 aliphatic heterocycles. The van der Waals surface area contributed by atoms with Crippen LogP contribution in [0.1, 0.15) is 5.56 Å². The highest BCUT2D eigenvalue weighted by Crippen LogP contribution is 2.27. The third kappa shape index (κ3) is 5.68. The summed E-state index contributed by atoms with van der Waals surface area (Å²) in [4.78, 5) is 12.2. The van der Waals surface area contributed by atoms with Gasteiger partial charge in [0, 0.05) is 11.4 Å². The van der Waals surface area contributed by atoms with Gasteiger partial charge in [-0.3, -0.25) is 9.52 Å². The van der Waals surface area contributed by atoms with Gasteiger partial charge in [0.1, 0.15) is 0 Å². The lowest BCUT2D eigenvalue weighted by Gasteiger charge is -2.10. The number of methoxy groups -OCH3 is 2. The van der Waals surface area contributed by atoms with E-state index in [4.69, 9.17) is 9.47 Å². The minimum Gasteiger partial charge on any atom is -0.493 e. The molecule has 0 fully saturated rings. The smallest absolute Gasteiger partial charge is 0.229 e. The SMILES string of the molecule is COc1ccc(CC(=O)Nc2ccc(NS(C)(=O)=O)cc2)cc1OC. The second-order valence-corrected chi connectivity index (χ2v) is 7.11. The molecule has 7 nitrogen and oxygen atoms in total. The number of ether oxygens (including phenoxy) is 2. The summed E-state index contributed by atoms with van der Waals surface area (Å²) >= 11 is 0. The van der Waals surface area contributed by atoms with Gasteiger partial charge in [-0.1, -0.05) is 6.07 Å². The van der Waals surface area contributed by atoms with Gasteiger partial charge < -0.3 is 14.8 Å². The van der Waals surface area contributed by atoms with Crippen molar-refractivity contribution in [1.29, 1.82) is 0 Å². The molecule has 0 unspecified atom stereocenters. The van der Waals surface area contributed by atoms with Crippen LogP contribution in [0.15, 0.2) is 42.5 Å². The topological polar surface area (TPSA) is 93.7 Å². The van der Waals surface area contributed by atoms with Crippen LogP contribution in [0.25, 0.3) is 0 Å². The Morgan fingerprint density at radius 1 is 0.960 bits per heavy atom. The van der Waals surface area contributed by atoms with Crippen molar-refractivity contribution < 1.29 is 22.7 Å². The minimum atomic E-state index is -3.33. The molecule has 25 heavy (non-hydrogen) atoms. The highest BCUT2D eigenvalue weighted by molar-refractivity contribution is 7.92. The van der Waals surface area contributed by atoms with E-state index in [2.05, 4.69) is 10.0 Å². The highest BCUT2D eigenvalue weighted by Gasteiger charge is 2.09. The zero-order chi connectivity index (χ0) is 18.4. The maximum atomic E-state index is 12.2. The number of benzene rings is 2. The van der Waals surface area contributed by atoms with Gasteiger partial charge in [-0.2, -0.15) is 0 Å². The fourth-order valence-corrected chi connectivity index (χ4v) is 2.78. The average molecular weight is 364 g/mol. The maximum absolute atomic E-state index is 12.2. The summed E-state index contributed by atoms with van der Waals surface area (Å²) in [5.74, 6) is 0.959. The van der Waals surface area contributed by atoms with Gasteiger partial charge in [-0.25, -0.2) is 8.42 Å². The molecule has 2 aromatic carbocycles. The van der Waals surface area contributed by atoms with Crippen LogP contribution >= 0.6 is 0 Å². The first-order valence-electron chi connectivity index (χ1n) is 7.39. The number of anilines is 2. The zero-order valence-corrected chi connectivity index (χ0v) is 15.0. The van der Waals surface area contributed by atoms with E-state index in [9.17, 15) is 13.2 Å². The fourth-order valence-electron chi connectivity index (χ4n) is 2.22. The van der Waals surface area contributed by atoms with E-state index in [1.165, 1.54) is 7.11 Å². The quantitative estimate of drug-likeness (QED) is 0.786. The third-order valence-electron chi connectivity index (χ3n) is 3.28. The number of nitrogens with one attached hydrogen (secondary N) is 2. The lowest BCUT2D eigenvalue weighted by Crippen LogP contribution is -2.14. The Hall–Kier alpha value is -2.74. The van der Waals surface area contributed by atoms with E-state index in [-0.39, 0.29) is 12.3 Å². The molecule has 2 N–H and O–H groups in total. The van der Waals surface area contributed by atoms with Gasteiger partial charge in [0.25, 0.3) is 0 Å². The van der Waals surface area contributed by atoms with Crippen LogP contribution in [0.4, 0.5) is 11.4 Å². The first-order chi connectivity index (χ1) is 11.8. The summed E-state index contributed by atoms with van der Waals surface area (Å²) in [6.07, 6.45) is 1.25. The second kappa shape index (κ2) is 7.89. The normalized spacial score (nSPS) is 10.8. The maximum Gasteiger partial charge on any atom is 0.229 e. The Bertz CT molecular complexity index is 848. The first-order valence-corrected chi connectivity index (χ1v) is 9.28. The molecular formula is C17H20N2O5S. The van der Waals surface area contributed by atoms with E-state index < -0.39 is 10.0 Å². The highest BCUT2D eigenvalue weighted by atomic mass is 32.2. The standard InChI is InChI=1S/C17H20N2O5S/c1-23-15-9-4-12(10-16(15)24-2)11-17(20)18-13-5-7-14(8-6-13)19-25(3,21)22/h4-10,19H,11H2,1-3H3,(H,18,20). The van der Waals surface area contributed by atoms with Gasteiger partial charge in [-0.05, 0) is 42.0 Å². The molecule has 0 aliphatic rings. The predicted octanol–water partition coefficient (Wildman–Crippen LogP) is 2.26. The van der Waals surface area contributed by atoms with Crippen molar-refractivity contribution >= 4 is 27.3 Å². The van der Waals surface area contributed by atoms with Crippen molar-refractivity contribution in [3.8, 4) is 11.5 Å². The Kier molecular flexibility index (Phi) is 5.87. The van der Waals surface area contributed by atoms with Crippen molar-refractivity contribution in [3.05, 3.63) is 48.0 Å². The lowest BCUT2D eigenvalue weighted by molar-refractivity contribution is -0.115. The fraction of sp³-hybridized carbons (Fsp3) is 0.235. The summed E-state index contributed by atoms with van der Waals surface area (Å²) in [7, 11) is -0.242. The third-order valence-corrected chi connectivity index (χ3v) is 3.89. The van der Waals surface area contributed by atoms with Crippen molar-refractivity contribution in [1.82, 2.24) is 0 Å². The minimum absolute atomic E-state index is 0.170. The number of amides is 1. The summed E-state index contributed by atoms with van der Waals surface area (Å²) in [6.45, 7) is 0. The molecule has 0 saturated heterocycles. The van der Waals surface area contributed by atoms with Crippen molar-refractivity contribution in [2.45, 2.75) is 6.42 Å². The van der Waals surface area contributed by atoms with E-state index in [1.807, 2.05) is 0 Å². The number of hydrogen-bond donors (Lipinski definition) is 2. The molecule has 0 spiro atoms. The monoisotopic (exact) mass is 364 g/mol. The van der Waals surface area contributed by atoms with Crippen molar-refractivity contribution in [2.24, 2.45) is 0 Å². The zero-order valence-electron chi connectivity index (χ0n) is 14.2. The average Bonchev–Trinajstić information content (AvgIpc) is 2.55. The molecular weight excluding hydrogens is 344 g/mol. The van der Waals surface area contributed by atoms with Crippen molar-refractivity contribution in [3.63, 3.8) is 0 Å². The van der Waals surface area contributed by atoms with Gasteiger partial charge in [0.2, 0.25) is 15.9 Å². The Balaban J connectivity index is 2.00. The summed E-state index contributed by atoms with van der Waals surface area (Å²) in [5.41, 5.74) is 1.79. The van der Waals surface area contributed by atoms with Crippen LogP contribution in [0.2, 0.25) is 0 Å². The molecule has 8 heteroatoms. The second-order valence-electron chi connectivity index (χ2n) is 5.37. The number of sulfonamides is 1. The lowest BCUT2D eigenvalue weighted by atomic mass is 10.1. The van der Waals surface area contributed by atoms with Crippen LogP contribution in [0.5, 0.6) is 11.5 Å². The largest absolute Gasteiger partial charge is 0.493 e.